The van der Waals surface area contributed by atoms with Crippen molar-refractivity contribution in [3.05, 3.63) is 69.1 Å². The summed E-state index contributed by atoms with van der Waals surface area (Å²) in [6, 6.07) is 8.77. The monoisotopic (exact) mass is 498 g/mol. The van der Waals surface area contributed by atoms with E-state index in [2.05, 4.69) is 15.5 Å². The number of aromatic nitrogens is 2. The molecule has 168 valence electrons. The zero-order valence-corrected chi connectivity index (χ0v) is 18.9. The van der Waals surface area contributed by atoms with Gasteiger partial charge in [0.15, 0.2) is 0 Å². The second kappa shape index (κ2) is 9.18. The molecule has 0 saturated carbocycles. The highest BCUT2D eigenvalue weighted by atomic mass is 35.5. The SMILES string of the molecule is O=C(Nc1cccc(F)c1)c1nnc([C@@H]2CCCN(S(=O)(=O)c3ccc(F)c(Cl)c3)C2)s1. The van der Waals surface area contributed by atoms with Crippen LogP contribution in [-0.4, -0.2) is 41.9 Å². The van der Waals surface area contributed by atoms with Crippen LogP contribution in [0, 0.1) is 11.6 Å². The summed E-state index contributed by atoms with van der Waals surface area (Å²) >= 11 is 6.81. The van der Waals surface area contributed by atoms with E-state index in [-0.39, 0.29) is 27.4 Å². The predicted octanol–water partition coefficient (Wildman–Crippen LogP) is 4.29. The zero-order chi connectivity index (χ0) is 22.9. The highest BCUT2D eigenvalue weighted by molar-refractivity contribution is 7.89. The Morgan fingerprint density at radius 2 is 2.00 bits per heavy atom. The van der Waals surface area contributed by atoms with Gasteiger partial charge in [0.05, 0.1) is 9.92 Å². The predicted molar refractivity (Wildman–Crippen MR) is 116 cm³/mol. The maximum absolute atomic E-state index is 13.4. The molecule has 2 heterocycles. The number of anilines is 1. The molecule has 0 aliphatic carbocycles. The van der Waals surface area contributed by atoms with Gasteiger partial charge >= 0.3 is 0 Å². The number of halogens is 3. The molecule has 1 N–H and O–H groups in total. The average Bonchev–Trinajstić information content (AvgIpc) is 3.26. The summed E-state index contributed by atoms with van der Waals surface area (Å²) in [5.41, 5.74) is 0.291. The van der Waals surface area contributed by atoms with Gasteiger partial charge in [0.1, 0.15) is 16.6 Å². The summed E-state index contributed by atoms with van der Waals surface area (Å²) in [6.45, 7) is 0.455. The molecule has 0 radical (unpaired) electrons. The van der Waals surface area contributed by atoms with Gasteiger partial charge in [0.2, 0.25) is 15.0 Å². The lowest BCUT2D eigenvalue weighted by molar-refractivity contribution is 0.102. The zero-order valence-electron chi connectivity index (χ0n) is 16.5. The molecule has 1 aliphatic rings. The molecular formula is C20H17ClF2N4O3S2. The van der Waals surface area contributed by atoms with Gasteiger partial charge in [-0.3, -0.25) is 4.79 Å². The van der Waals surface area contributed by atoms with Crippen LogP contribution in [0.1, 0.15) is 33.6 Å². The van der Waals surface area contributed by atoms with Crippen molar-refractivity contribution in [1.29, 1.82) is 0 Å². The van der Waals surface area contributed by atoms with Gasteiger partial charge in [-0.05, 0) is 49.2 Å². The Bertz CT molecular complexity index is 1270. The number of carbonyl (C=O) groups excluding carboxylic acids is 1. The topological polar surface area (TPSA) is 92.3 Å². The number of amides is 1. The number of hydrogen-bond donors (Lipinski definition) is 1. The number of piperidine rings is 1. The summed E-state index contributed by atoms with van der Waals surface area (Å²) in [5.74, 6) is -1.95. The maximum Gasteiger partial charge on any atom is 0.286 e. The fourth-order valence-corrected chi connectivity index (χ4v) is 6.05. The van der Waals surface area contributed by atoms with Crippen LogP contribution in [0.25, 0.3) is 0 Å². The normalized spacial score (nSPS) is 17.3. The molecule has 4 rings (SSSR count). The quantitative estimate of drug-likeness (QED) is 0.566. The summed E-state index contributed by atoms with van der Waals surface area (Å²) in [7, 11) is -3.87. The van der Waals surface area contributed by atoms with E-state index in [1.165, 1.54) is 28.6 Å². The van der Waals surface area contributed by atoms with E-state index < -0.39 is 27.6 Å². The Labute approximate surface area is 192 Å². The van der Waals surface area contributed by atoms with Crippen molar-refractivity contribution in [3.63, 3.8) is 0 Å². The highest BCUT2D eigenvalue weighted by Gasteiger charge is 2.33. The number of benzene rings is 2. The number of nitrogens with one attached hydrogen (secondary N) is 1. The van der Waals surface area contributed by atoms with E-state index in [1.807, 2.05) is 0 Å². The van der Waals surface area contributed by atoms with Crippen LogP contribution in [0.15, 0.2) is 47.4 Å². The first-order chi connectivity index (χ1) is 15.2. The molecule has 1 saturated heterocycles. The summed E-state index contributed by atoms with van der Waals surface area (Å²) in [4.78, 5) is 12.3. The molecule has 12 heteroatoms. The minimum absolute atomic E-state index is 0.0861. The largest absolute Gasteiger partial charge is 0.320 e. The molecule has 1 fully saturated rings. The lowest BCUT2D eigenvalue weighted by Crippen LogP contribution is -2.39. The van der Waals surface area contributed by atoms with Gasteiger partial charge in [-0.15, -0.1) is 10.2 Å². The van der Waals surface area contributed by atoms with Crippen LogP contribution in [0.5, 0.6) is 0 Å². The van der Waals surface area contributed by atoms with Crippen LogP contribution in [-0.2, 0) is 10.0 Å². The molecular weight excluding hydrogens is 482 g/mol. The van der Waals surface area contributed by atoms with Crippen molar-refractivity contribution in [3.8, 4) is 0 Å². The number of nitrogens with zero attached hydrogens (tertiary/aromatic N) is 3. The fraction of sp³-hybridized carbons (Fsp3) is 0.250. The lowest BCUT2D eigenvalue weighted by Gasteiger charge is -2.30. The molecule has 2 aromatic carbocycles. The van der Waals surface area contributed by atoms with Gasteiger partial charge in [-0.25, -0.2) is 17.2 Å². The number of sulfonamides is 1. The van der Waals surface area contributed by atoms with Crippen LogP contribution in [0.3, 0.4) is 0 Å². The maximum atomic E-state index is 13.4. The van der Waals surface area contributed by atoms with E-state index in [9.17, 15) is 22.0 Å². The van der Waals surface area contributed by atoms with E-state index in [1.54, 1.807) is 6.07 Å². The third-order valence-electron chi connectivity index (χ3n) is 4.98. The van der Waals surface area contributed by atoms with Crippen molar-refractivity contribution < 1.29 is 22.0 Å². The summed E-state index contributed by atoms with van der Waals surface area (Å²) in [5, 5.41) is 10.9. The van der Waals surface area contributed by atoms with Gasteiger partial charge in [-0.2, -0.15) is 4.31 Å². The molecule has 1 aliphatic heterocycles. The molecule has 1 amide bonds. The lowest BCUT2D eigenvalue weighted by atomic mass is 10.0. The van der Waals surface area contributed by atoms with Crippen molar-refractivity contribution in [2.24, 2.45) is 0 Å². The first-order valence-corrected chi connectivity index (χ1v) is 12.2. The highest BCUT2D eigenvalue weighted by Crippen LogP contribution is 2.32. The van der Waals surface area contributed by atoms with Gasteiger partial charge in [0, 0.05) is 24.7 Å². The van der Waals surface area contributed by atoms with Gasteiger partial charge in [-0.1, -0.05) is 29.0 Å². The van der Waals surface area contributed by atoms with Crippen LogP contribution < -0.4 is 5.32 Å². The van der Waals surface area contributed by atoms with Crippen molar-refractivity contribution in [2.45, 2.75) is 23.7 Å². The van der Waals surface area contributed by atoms with E-state index in [4.69, 9.17) is 11.6 Å². The van der Waals surface area contributed by atoms with Crippen LogP contribution in [0.2, 0.25) is 5.02 Å². The third-order valence-corrected chi connectivity index (χ3v) is 8.21. The molecule has 1 atom stereocenters. The standard InChI is InChI=1S/C20H17ClF2N4O3S2/c21-16-10-15(6-7-17(16)23)32(29,30)27-8-2-3-12(11-27)19-25-26-20(31-19)18(28)24-14-5-1-4-13(22)9-14/h1,4-7,9-10,12H,2-3,8,11H2,(H,24,28)/t12-/m1/s1. The number of carbonyl (C=O) groups is 1. The van der Waals surface area contributed by atoms with Crippen molar-refractivity contribution in [2.75, 3.05) is 18.4 Å². The van der Waals surface area contributed by atoms with Crippen LogP contribution >= 0.6 is 22.9 Å². The molecule has 1 aromatic heterocycles. The minimum Gasteiger partial charge on any atom is -0.320 e. The molecule has 3 aromatic rings. The Morgan fingerprint density at radius 1 is 1.19 bits per heavy atom. The molecule has 0 bridgehead atoms. The van der Waals surface area contributed by atoms with E-state index in [0.717, 1.165) is 23.5 Å². The Balaban J connectivity index is 1.48. The number of rotatable bonds is 5. The Morgan fingerprint density at radius 3 is 2.75 bits per heavy atom. The summed E-state index contributed by atoms with van der Waals surface area (Å²) in [6.07, 6.45) is 1.26. The fourth-order valence-electron chi connectivity index (χ4n) is 3.39. The smallest absolute Gasteiger partial charge is 0.286 e. The minimum atomic E-state index is -3.87. The molecule has 0 unspecified atom stereocenters. The number of hydrogen-bond acceptors (Lipinski definition) is 6. The van der Waals surface area contributed by atoms with Crippen molar-refractivity contribution >= 4 is 44.6 Å². The molecule has 7 nitrogen and oxygen atoms in total. The first-order valence-electron chi connectivity index (χ1n) is 9.59. The molecule has 32 heavy (non-hydrogen) atoms. The Hall–Kier alpha value is -2.47. The first kappa shape index (κ1) is 22.7. The second-order valence-electron chi connectivity index (χ2n) is 7.19. The summed E-state index contributed by atoms with van der Waals surface area (Å²) < 4.78 is 54.0. The molecule has 0 spiro atoms. The van der Waals surface area contributed by atoms with Gasteiger partial charge < -0.3 is 5.32 Å². The van der Waals surface area contributed by atoms with E-state index >= 15 is 0 Å². The van der Waals surface area contributed by atoms with Gasteiger partial charge in [0.25, 0.3) is 5.91 Å². The second-order valence-corrected chi connectivity index (χ2v) is 10.5. The third kappa shape index (κ3) is 4.80. The average molecular weight is 499 g/mol. The van der Waals surface area contributed by atoms with Crippen LogP contribution in [0.4, 0.5) is 14.5 Å². The van der Waals surface area contributed by atoms with Crippen molar-refractivity contribution in [1.82, 2.24) is 14.5 Å². The van der Waals surface area contributed by atoms with E-state index in [0.29, 0.717) is 30.1 Å². The Kier molecular flexibility index (Phi) is 6.52.